The quantitative estimate of drug-likeness (QED) is 0.831. The van der Waals surface area contributed by atoms with Crippen molar-refractivity contribution in [2.75, 3.05) is 18.4 Å². The minimum Gasteiger partial charge on any atom is -0.391 e. The van der Waals surface area contributed by atoms with E-state index in [9.17, 15) is 14.3 Å². The van der Waals surface area contributed by atoms with Gasteiger partial charge in [-0.1, -0.05) is 22.9 Å². The Labute approximate surface area is 119 Å². The molecule has 1 aromatic carbocycles. The van der Waals surface area contributed by atoms with Gasteiger partial charge in [-0.15, -0.1) is 0 Å². The average molecular weight is 331 g/mol. The topological polar surface area (TPSA) is 52.6 Å². The van der Waals surface area contributed by atoms with Crippen LogP contribution in [-0.2, 0) is 0 Å². The van der Waals surface area contributed by atoms with Gasteiger partial charge in [0.15, 0.2) is 0 Å². The number of piperidine rings is 1. The molecular weight excluding hydrogens is 315 g/mol. The number of benzene rings is 1. The van der Waals surface area contributed by atoms with Gasteiger partial charge in [-0.2, -0.15) is 0 Å². The van der Waals surface area contributed by atoms with Crippen molar-refractivity contribution in [3.05, 3.63) is 28.5 Å². The molecule has 0 aliphatic carbocycles. The molecule has 4 nitrogen and oxygen atoms in total. The second-order valence-electron chi connectivity index (χ2n) is 4.83. The van der Waals surface area contributed by atoms with Gasteiger partial charge in [0.2, 0.25) is 0 Å². The van der Waals surface area contributed by atoms with Crippen molar-refractivity contribution in [3.63, 3.8) is 0 Å². The van der Waals surface area contributed by atoms with Crippen LogP contribution in [0.4, 0.5) is 14.9 Å². The zero-order valence-corrected chi connectivity index (χ0v) is 12.2. The van der Waals surface area contributed by atoms with E-state index in [-0.39, 0.29) is 24.2 Å². The van der Waals surface area contributed by atoms with Gasteiger partial charge in [0, 0.05) is 17.6 Å². The molecule has 2 rings (SSSR count). The number of β-amino-alcohol motifs (C(OH)–C–C–N with tert-alkyl or cyclic N) is 1. The van der Waals surface area contributed by atoms with Crippen molar-refractivity contribution in [2.24, 2.45) is 5.92 Å². The van der Waals surface area contributed by atoms with Gasteiger partial charge in [-0.05, 0) is 30.5 Å². The fourth-order valence-electron chi connectivity index (χ4n) is 2.02. The van der Waals surface area contributed by atoms with Crippen molar-refractivity contribution in [1.29, 1.82) is 0 Å². The standard InChI is InChI=1S/C13H16BrFN2O2/c1-8-4-5-17(7-12(8)18)13(19)16-11-6-9(14)2-3-10(11)15/h2-3,6,8,12,18H,4-5,7H2,1H3,(H,16,19). The summed E-state index contributed by atoms with van der Waals surface area (Å²) >= 11 is 3.23. The van der Waals surface area contributed by atoms with Crippen LogP contribution < -0.4 is 5.32 Å². The van der Waals surface area contributed by atoms with Gasteiger partial charge >= 0.3 is 6.03 Å². The predicted molar refractivity (Wildman–Crippen MR) is 74.5 cm³/mol. The molecule has 1 fully saturated rings. The van der Waals surface area contributed by atoms with Crippen molar-refractivity contribution < 1.29 is 14.3 Å². The largest absolute Gasteiger partial charge is 0.391 e. The Bertz CT molecular complexity index is 484. The van der Waals surface area contributed by atoms with Crippen molar-refractivity contribution in [2.45, 2.75) is 19.4 Å². The van der Waals surface area contributed by atoms with E-state index in [1.165, 1.54) is 17.0 Å². The highest BCUT2D eigenvalue weighted by atomic mass is 79.9. The molecule has 1 heterocycles. The monoisotopic (exact) mass is 330 g/mol. The van der Waals surface area contributed by atoms with Gasteiger partial charge in [0.05, 0.1) is 11.8 Å². The summed E-state index contributed by atoms with van der Waals surface area (Å²) < 4.78 is 14.2. The van der Waals surface area contributed by atoms with Crippen LogP contribution >= 0.6 is 15.9 Å². The number of urea groups is 1. The Morgan fingerprint density at radius 2 is 2.32 bits per heavy atom. The molecule has 0 bridgehead atoms. The normalized spacial score (nSPS) is 23.3. The van der Waals surface area contributed by atoms with Crippen LogP contribution in [0.15, 0.2) is 22.7 Å². The summed E-state index contributed by atoms with van der Waals surface area (Å²) in [7, 11) is 0. The van der Waals surface area contributed by atoms with E-state index < -0.39 is 11.9 Å². The molecule has 0 spiro atoms. The van der Waals surface area contributed by atoms with Gasteiger partial charge in [0.25, 0.3) is 0 Å². The zero-order valence-electron chi connectivity index (χ0n) is 10.6. The second-order valence-corrected chi connectivity index (χ2v) is 5.75. The van der Waals surface area contributed by atoms with E-state index in [1.807, 2.05) is 6.92 Å². The maximum absolute atomic E-state index is 13.5. The lowest BCUT2D eigenvalue weighted by molar-refractivity contribution is 0.0463. The van der Waals surface area contributed by atoms with E-state index in [2.05, 4.69) is 21.2 Å². The fraction of sp³-hybridized carbons (Fsp3) is 0.462. The molecule has 1 saturated heterocycles. The molecule has 2 amide bonds. The molecule has 1 aliphatic heterocycles. The number of halogens is 2. The molecule has 1 aromatic rings. The Hall–Kier alpha value is -1.14. The number of hydrogen-bond acceptors (Lipinski definition) is 2. The molecule has 6 heteroatoms. The Kier molecular flexibility index (Phi) is 4.42. The molecule has 1 aliphatic rings. The van der Waals surface area contributed by atoms with Gasteiger partial charge in [-0.25, -0.2) is 9.18 Å². The van der Waals surface area contributed by atoms with Gasteiger partial charge < -0.3 is 15.3 Å². The average Bonchev–Trinajstić information content (AvgIpc) is 2.37. The number of nitrogens with zero attached hydrogens (tertiary/aromatic N) is 1. The third kappa shape index (κ3) is 3.45. The van der Waals surface area contributed by atoms with E-state index >= 15 is 0 Å². The fourth-order valence-corrected chi connectivity index (χ4v) is 2.38. The zero-order chi connectivity index (χ0) is 14.0. The lowest BCUT2D eigenvalue weighted by Gasteiger charge is -2.34. The van der Waals surface area contributed by atoms with Crippen molar-refractivity contribution in [1.82, 2.24) is 4.90 Å². The summed E-state index contributed by atoms with van der Waals surface area (Å²) in [6, 6.07) is 3.98. The second kappa shape index (κ2) is 5.88. The molecule has 19 heavy (non-hydrogen) atoms. The van der Waals surface area contributed by atoms with E-state index in [0.717, 1.165) is 6.42 Å². The molecule has 2 N–H and O–H groups in total. The Balaban J connectivity index is 2.03. The minimum absolute atomic E-state index is 0.132. The molecule has 2 atom stereocenters. The molecule has 0 radical (unpaired) electrons. The number of likely N-dealkylation sites (tertiary alicyclic amines) is 1. The van der Waals surface area contributed by atoms with Crippen LogP contribution in [-0.4, -0.2) is 35.2 Å². The summed E-state index contributed by atoms with van der Waals surface area (Å²) in [5, 5.41) is 12.3. The number of aliphatic hydroxyl groups is 1. The highest BCUT2D eigenvalue weighted by molar-refractivity contribution is 9.10. The van der Waals surface area contributed by atoms with Crippen molar-refractivity contribution >= 4 is 27.6 Å². The predicted octanol–water partition coefficient (Wildman–Crippen LogP) is 2.82. The van der Waals surface area contributed by atoms with Crippen LogP contribution in [0.1, 0.15) is 13.3 Å². The number of anilines is 1. The Morgan fingerprint density at radius 1 is 1.58 bits per heavy atom. The number of carbonyl (C=O) groups excluding carboxylic acids is 1. The summed E-state index contributed by atoms with van der Waals surface area (Å²) in [6.07, 6.45) is 0.224. The third-order valence-electron chi connectivity index (χ3n) is 3.38. The summed E-state index contributed by atoms with van der Waals surface area (Å²) in [4.78, 5) is 13.5. The lowest BCUT2D eigenvalue weighted by atomic mass is 9.96. The van der Waals surface area contributed by atoms with Crippen LogP contribution in [0.25, 0.3) is 0 Å². The molecule has 0 saturated carbocycles. The SMILES string of the molecule is CC1CCN(C(=O)Nc2cc(Br)ccc2F)CC1O. The number of nitrogens with one attached hydrogen (secondary N) is 1. The summed E-state index contributed by atoms with van der Waals surface area (Å²) in [5.41, 5.74) is 0.132. The number of amides is 2. The van der Waals surface area contributed by atoms with Crippen LogP contribution in [0.2, 0.25) is 0 Å². The van der Waals surface area contributed by atoms with Gasteiger partial charge in [-0.3, -0.25) is 0 Å². The first kappa shape index (κ1) is 14.3. The molecule has 0 aromatic heterocycles. The number of carbonyl (C=O) groups is 1. The summed E-state index contributed by atoms with van der Waals surface area (Å²) in [6.45, 7) is 2.80. The number of aliphatic hydroxyl groups excluding tert-OH is 1. The minimum atomic E-state index is -0.521. The smallest absolute Gasteiger partial charge is 0.322 e. The summed E-state index contributed by atoms with van der Waals surface area (Å²) in [5.74, 6) is -0.297. The third-order valence-corrected chi connectivity index (χ3v) is 3.87. The van der Waals surface area contributed by atoms with Gasteiger partial charge in [0.1, 0.15) is 5.82 Å². The molecular formula is C13H16BrFN2O2. The van der Waals surface area contributed by atoms with Crippen molar-refractivity contribution in [3.8, 4) is 0 Å². The molecule has 2 unspecified atom stereocenters. The van der Waals surface area contributed by atoms with E-state index in [0.29, 0.717) is 11.0 Å². The van der Waals surface area contributed by atoms with Crippen LogP contribution in [0.5, 0.6) is 0 Å². The van der Waals surface area contributed by atoms with E-state index in [1.54, 1.807) is 6.07 Å². The molecule has 104 valence electrons. The highest BCUT2D eigenvalue weighted by Gasteiger charge is 2.27. The maximum Gasteiger partial charge on any atom is 0.322 e. The first-order chi connectivity index (χ1) is 8.97. The van der Waals surface area contributed by atoms with E-state index in [4.69, 9.17) is 0 Å². The lowest BCUT2D eigenvalue weighted by Crippen LogP contribution is -2.47. The maximum atomic E-state index is 13.5. The number of hydrogen-bond donors (Lipinski definition) is 2. The first-order valence-electron chi connectivity index (χ1n) is 6.16. The van der Waals surface area contributed by atoms with Crippen LogP contribution in [0, 0.1) is 11.7 Å². The highest BCUT2D eigenvalue weighted by Crippen LogP contribution is 2.22. The first-order valence-corrected chi connectivity index (χ1v) is 6.95. The number of rotatable bonds is 1. The van der Waals surface area contributed by atoms with Crippen LogP contribution in [0.3, 0.4) is 0 Å². The Morgan fingerprint density at radius 3 is 3.00 bits per heavy atom.